The highest BCUT2D eigenvalue weighted by Crippen LogP contribution is 2.31. The highest BCUT2D eigenvalue weighted by molar-refractivity contribution is 5.75. The molecule has 26 heavy (non-hydrogen) atoms. The molecule has 0 saturated carbocycles. The molecule has 0 atom stereocenters. The van der Waals surface area contributed by atoms with E-state index in [0.29, 0.717) is 39.4 Å². The number of nitrogens with one attached hydrogen (secondary N) is 1. The second-order valence-electron chi connectivity index (χ2n) is 6.32. The van der Waals surface area contributed by atoms with Crippen LogP contribution < -0.4 is 14.8 Å². The molecule has 1 aliphatic heterocycles. The smallest absolute Gasteiger partial charge is 0.220 e. The Balaban J connectivity index is 1.52. The summed E-state index contributed by atoms with van der Waals surface area (Å²) in [4.78, 5) is 14.2. The lowest BCUT2D eigenvalue weighted by Crippen LogP contribution is -2.30. The third kappa shape index (κ3) is 7.22. The third-order valence-corrected chi connectivity index (χ3v) is 4.49. The first kappa shape index (κ1) is 20.5. The molecule has 1 heterocycles. The fourth-order valence-electron chi connectivity index (χ4n) is 2.88. The number of nitrogens with zero attached hydrogens (tertiary/aromatic N) is 1. The van der Waals surface area contributed by atoms with Crippen molar-refractivity contribution in [1.82, 2.24) is 10.2 Å². The van der Waals surface area contributed by atoms with Crippen LogP contribution in [0.2, 0.25) is 0 Å². The first-order valence-corrected chi connectivity index (χ1v) is 9.68. The van der Waals surface area contributed by atoms with Gasteiger partial charge in [-0.1, -0.05) is 19.9 Å². The number of aryl methyl sites for hydroxylation is 1. The zero-order valence-corrected chi connectivity index (χ0v) is 16.1. The Morgan fingerprint density at radius 2 is 1.92 bits per heavy atom. The Bertz CT molecular complexity index is 547. The van der Waals surface area contributed by atoms with E-state index in [1.54, 1.807) is 0 Å². The predicted octanol–water partition coefficient (Wildman–Crippen LogP) is 2.26. The topological polar surface area (TPSA) is 60.0 Å². The van der Waals surface area contributed by atoms with Gasteiger partial charge in [-0.25, -0.2) is 0 Å². The van der Waals surface area contributed by atoms with E-state index >= 15 is 0 Å². The quantitative estimate of drug-likeness (QED) is 0.577. The van der Waals surface area contributed by atoms with Crippen LogP contribution in [0.5, 0.6) is 11.5 Å². The van der Waals surface area contributed by atoms with Gasteiger partial charge in [0.25, 0.3) is 0 Å². The number of carbonyl (C=O) groups is 1. The molecule has 0 spiro atoms. The van der Waals surface area contributed by atoms with E-state index < -0.39 is 0 Å². The van der Waals surface area contributed by atoms with Crippen molar-refractivity contribution in [3.8, 4) is 11.5 Å². The number of fused-ring (bicyclic) bond motifs is 1. The second kappa shape index (κ2) is 11.8. The molecular weight excluding hydrogens is 332 g/mol. The SMILES string of the molecule is CCN(CC)CCOCCNC(=O)CCCc1ccc2c(c1)OCCO2. The lowest BCUT2D eigenvalue weighted by atomic mass is 10.1. The van der Waals surface area contributed by atoms with Gasteiger partial charge >= 0.3 is 0 Å². The first-order valence-electron chi connectivity index (χ1n) is 9.68. The van der Waals surface area contributed by atoms with E-state index in [2.05, 4.69) is 24.1 Å². The van der Waals surface area contributed by atoms with Crippen LogP contribution in [0.1, 0.15) is 32.3 Å². The summed E-state index contributed by atoms with van der Waals surface area (Å²) >= 11 is 0. The van der Waals surface area contributed by atoms with Crippen LogP contribution in [-0.4, -0.2) is 63.4 Å². The molecule has 1 aromatic rings. The third-order valence-electron chi connectivity index (χ3n) is 4.49. The van der Waals surface area contributed by atoms with Crippen LogP contribution in [0, 0.1) is 0 Å². The van der Waals surface area contributed by atoms with Crippen LogP contribution in [0.25, 0.3) is 0 Å². The van der Waals surface area contributed by atoms with Gasteiger partial charge in [-0.2, -0.15) is 0 Å². The molecule has 1 amide bonds. The van der Waals surface area contributed by atoms with Crippen molar-refractivity contribution in [3.05, 3.63) is 23.8 Å². The molecule has 0 radical (unpaired) electrons. The lowest BCUT2D eigenvalue weighted by Gasteiger charge is -2.18. The molecule has 0 fully saturated rings. The van der Waals surface area contributed by atoms with Gasteiger partial charge in [-0.05, 0) is 43.6 Å². The van der Waals surface area contributed by atoms with E-state index in [0.717, 1.165) is 44.0 Å². The summed E-state index contributed by atoms with van der Waals surface area (Å²) < 4.78 is 16.7. The zero-order valence-electron chi connectivity index (χ0n) is 16.1. The summed E-state index contributed by atoms with van der Waals surface area (Å²) in [6, 6.07) is 5.99. The summed E-state index contributed by atoms with van der Waals surface area (Å²) in [5.41, 5.74) is 1.17. The van der Waals surface area contributed by atoms with Gasteiger partial charge in [0.15, 0.2) is 11.5 Å². The van der Waals surface area contributed by atoms with Gasteiger partial charge in [0.1, 0.15) is 13.2 Å². The second-order valence-corrected chi connectivity index (χ2v) is 6.32. The number of benzene rings is 1. The Hall–Kier alpha value is -1.79. The van der Waals surface area contributed by atoms with Gasteiger partial charge in [0.2, 0.25) is 5.91 Å². The number of ether oxygens (including phenoxy) is 3. The summed E-state index contributed by atoms with van der Waals surface area (Å²) in [5.74, 6) is 1.69. The first-order chi connectivity index (χ1) is 12.7. The molecular formula is C20H32N2O4. The predicted molar refractivity (Wildman–Crippen MR) is 102 cm³/mol. The standard InChI is InChI=1S/C20H32N2O4/c1-3-22(4-2)11-13-24-12-10-21-20(23)7-5-6-17-8-9-18-19(16-17)26-15-14-25-18/h8-9,16H,3-7,10-15H2,1-2H3,(H,21,23). The largest absolute Gasteiger partial charge is 0.486 e. The number of hydrogen-bond acceptors (Lipinski definition) is 5. The highest BCUT2D eigenvalue weighted by Gasteiger charge is 2.11. The molecule has 0 unspecified atom stereocenters. The van der Waals surface area contributed by atoms with Gasteiger partial charge in [-0.3, -0.25) is 4.79 Å². The molecule has 1 N–H and O–H groups in total. The highest BCUT2D eigenvalue weighted by atomic mass is 16.6. The van der Waals surface area contributed by atoms with Crippen LogP contribution in [0.15, 0.2) is 18.2 Å². The molecule has 6 heteroatoms. The molecule has 6 nitrogen and oxygen atoms in total. The molecule has 0 saturated heterocycles. The Labute approximate surface area is 156 Å². The van der Waals surface area contributed by atoms with Crippen molar-refractivity contribution in [3.63, 3.8) is 0 Å². The fourth-order valence-corrected chi connectivity index (χ4v) is 2.88. The number of rotatable bonds is 12. The minimum atomic E-state index is 0.0786. The van der Waals surface area contributed by atoms with E-state index in [1.165, 1.54) is 5.56 Å². The van der Waals surface area contributed by atoms with Crippen molar-refractivity contribution in [2.75, 3.05) is 52.6 Å². The number of amides is 1. The van der Waals surface area contributed by atoms with Crippen molar-refractivity contribution in [2.24, 2.45) is 0 Å². The fraction of sp³-hybridized carbons (Fsp3) is 0.650. The zero-order chi connectivity index (χ0) is 18.6. The molecule has 0 aliphatic carbocycles. The normalized spacial score (nSPS) is 13.0. The Kier molecular flexibility index (Phi) is 9.28. The van der Waals surface area contributed by atoms with Crippen LogP contribution in [0.4, 0.5) is 0 Å². The molecule has 146 valence electrons. The van der Waals surface area contributed by atoms with Crippen molar-refractivity contribution in [1.29, 1.82) is 0 Å². The Morgan fingerprint density at radius 3 is 2.69 bits per heavy atom. The molecule has 0 bridgehead atoms. The van der Waals surface area contributed by atoms with E-state index in [4.69, 9.17) is 14.2 Å². The average molecular weight is 364 g/mol. The van der Waals surface area contributed by atoms with Gasteiger partial charge in [0, 0.05) is 19.5 Å². The van der Waals surface area contributed by atoms with Crippen LogP contribution in [-0.2, 0) is 16.0 Å². The number of carbonyl (C=O) groups excluding carboxylic acids is 1. The Morgan fingerprint density at radius 1 is 1.15 bits per heavy atom. The van der Waals surface area contributed by atoms with E-state index in [9.17, 15) is 4.79 Å². The van der Waals surface area contributed by atoms with Crippen molar-refractivity contribution in [2.45, 2.75) is 33.1 Å². The average Bonchev–Trinajstić information content (AvgIpc) is 2.67. The molecule has 1 aromatic carbocycles. The minimum absolute atomic E-state index is 0.0786. The van der Waals surface area contributed by atoms with Crippen LogP contribution in [0.3, 0.4) is 0 Å². The molecule has 2 rings (SSSR count). The molecule has 1 aliphatic rings. The summed E-state index contributed by atoms with van der Waals surface area (Å²) in [5, 5.41) is 2.91. The maximum atomic E-state index is 11.9. The van der Waals surface area contributed by atoms with Gasteiger partial charge in [0.05, 0.1) is 13.2 Å². The maximum absolute atomic E-state index is 11.9. The lowest BCUT2D eigenvalue weighted by molar-refractivity contribution is -0.121. The summed E-state index contributed by atoms with van der Waals surface area (Å²) in [6.45, 7) is 10.4. The minimum Gasteiger partial charge on any atom is -0.486 e. The number of hydrogen-bond donors (Lipinski definition) is 1. The summed E-state index contributed by atoms with van der Waals surface area (Å²) in [6.07, 6.45) is 2.19. The molecule has 0 aromatic heterocycles. The monoisotopic (exact) mass is 364 g/mol. The summed E-state index contributed by atoms with van der Waals surface area (Å²) in [7, 11) is 0. The van der Waals surface area contributed by atoms with Crippen molar-refractivity contribution >= 4 is 5.91 Å². The maximum Gasteiger partial charge on any atom is 0.220 e. The van der Waals surface area contributed by atoms with Crippen LogP contribution >= 0.6 is 0 Å². The van der Waals surface area contributed by atoms with Gasteiger partial charge < -0.3 is 24.4 Å². The van der Waals surface area contributed by atoms with Gasteiger partial charge in [-0.15, -0.1) is 0 Å². The van der Waals surface area contributed by atoms with E-state index in [1.807, 2.05) is 18.2 Å². The number of likely N-dealkylation sites (N-methyl/N-ethyl adjacent to an activating group) is 1. The van der Waals surface area contributed by atoms with Crippen molar-refractivity contribution < 1.29 is 19.0 Å². The van der Waals surface area contributed by atoms with E-state index in [-0.39, 0.29) is 5.91 Å².